The van der Waals surface area contributed by atoms with Crippen LogP contribution in [0.4, 0.5) is 0 Å². The number of aryl methyl sites for hydroxylation is 2. The molecule has 2 fully saturated rings. The van der Waals surface area contributed by atoms with Crippen LogP contribution in [0.3, 0.4) is 0 Å². The molecule has 3 aliphatic carbocycles. The SMILES string of the molecule is C=C1CCc2c1ccc(CCC1CCC1)c2-c1cc(C2(C)CC2)ccc1C. The van der Waals surface area contributed by atoms with E-state index in [-0.39, 0.29) is 0 Å². The predicted octanol–water partition coefficient (Wildman–Crippen LogP) is 7.41. The lowest BCUT2D eigenvalue weighted by atomic mass is 9.79. The minimum atomic E-state index is 0.427. The highest BCUT2D eigenvalue weighted by atomic mass is 14.4. The molecule has 2 aromatic carbocycles. The molecule has 0 N–H and O–H groups in total. The van der Waals surface area contributed by atoms with Gasteiger partial charge < -0.3 is 0 Å². The maximum atomic E-state index is 4.35. The van der Waals surface area contributed by atoms with Gasteiger partial charge in [0.15, 0.2) is 0 Å². The van der Waals surface area contributed by atoms with Crippen molar-refractivity contribution in [3.8, 4) is 11.1 Å². The maximum Gasteiger partial charge on any atom is -0.00744 e. The second kappa shape index (κ2) is 6.36. The lowest BCUT2D eigenvalue weighted by Crippen LogP contribution is -2.12. The molecule has 3 aliphatic rings. The lowest BCUT2D eigenvalue weighted by molar-refractivity contribution is 0.296. The van der Waals surface area contributed by atoms with Gasteiger partial charge in [0.05, 0.1) is 0 Å². The molecule has 0 aliphatic heterocycles. The Labute approximate surface area is 164 Å². The fraction of sp³-hybridized carbons (Fsp3) is 0.481. The topological polar surface area (TPSA) is 0 Å². The molecule has 0 heterocycles. The molecular formula is C27H32. The molecule has 5 rings (SSSR count). The van der Waals surface area contributed by atoms with Gasteiger partial charge in [-0.3, -0.25) is 0 Å². The highest BCUT2D eigenvalue weighted by Crippen LogP contribution is 2.49. The molecule has 0 heteroatoms. The summed E-state index contributed by atoms with van der Waals surface area (Å²) in [5, 5.41) is 0. The normalized spacial score (nSPS) is 20.4. The van der Waals surface area contributed by atoms with Crippen LogP contribution in [0.15, 0.2) is 36.9 Å². The number of hydrogen-bond donors (Lipinski definition) is 0. The smallest absolute Gasteiger partial charge is 0.00744 e. The third-order valence-corrected chi connectivity index (χ3v) is 7.71. The van der Waals surface area contributed by atoms with E-state index >= 15 is 0 Å². The van der Waals surface area contributed by atoms with Crippen LogP contribution < -0.4 is 0 Å². The third-order valence-electron chi connectivity index (χ3n) is 7.71. The van der Waals surface area contributed by atoms with Crippen molar-refractivity contribution >= 4 is 5.57 Å². The fourth-order valence-electron chi connectivity index (χ4n) is 5.13. The summed E-state index contributed by atoms with van der Waals surface area (Å²) in [6.45, 7) is 9.07. The summed E-state index contributed by atoms with van der Waals surface area (Å²) >= 11 is 0. The van der Waals surface area contributed by atoms with Gasteiger partial charge in [-0.1, -0.05) is 63.1 Å². The number of rotatable bonds is 5. The van der Waals surface area contributed by atoms with E-state index in [2.05, 4.69) is 50.8 Å². The molecule has 0 amide bonds. The first kappa shape index (κ1) is 17.3. The third kappa shape index (κ3) is 2.98. The molecule has 0 atom stereocenters. The zero-order valence-electron chi connectivity index (χ0n) is 17.0. The van der Waals surface area contributed by atoms with E-state index in [0.29, 0.717) is 5.41 Å². The molecule has 0 bridgehead atoms. The number of fused-ring (bicyclic) bond motifs is 1. The van der Waals surface area contributed by atoms with Crippen molar-refractivity contribution in [3.05, 3.63) is 64.7 Å². The minimum absolute atomic E-state index is 0.427. The van der Waals surface area contributed by atoms with Gasteiger partial charge in [0.1, 0.15) is 0 Å². The first-order chi connectivity index (χ1) is 13.0. The Morgan fingerprint density at radius 3 is 2.56 bits per heavy atom. The van der Waals surface area contributed by atoms with Gasteiger partial charge in [0.2, 0.25) is 0 Å². The Morgan fingerprint density at radius 2 is 1.85 bits per heavy atom. The van der Waals surface area contributed by atoms with E-state index in [0.717, 1.165) is 12.3 Å². The van der Waals surface area contributed by atoms with Gasteiger partial charge in [-0.05, 0) is 101 Å². The van der Waals surface area contributed by atoms with Gasteiger partial charge in [0, 0.05) is 0 Å². The van der Waals surface area contributed by atoms with Crippen molar-refractivity contribution in [1.29, 1.82) is 0 Å². The molecule has 0 spiro atoms. The van der Waals surface area contributed by atoms with E-state index in [1.165, 1.54) is 73.6 Å². The summed E-state index contributed by atoms with van der Waals surface area (Å²) in [4.78, 5) is 0. The first-order valence-electron chi connectivity index (χ1n) is 11.0. The Balaban J connectivity index is 1.62. The van der Waals surface area contributed by atoms with Crippen LogP contribution in [-0.4, -0.2) is 0 Å². The summed E-state index contributed by atoms with van der Waals surface area (Å²) in [7, 11) is 0. The van der Waals surface area contributed by atoms with Crippen molar-refractivity contribution in [2.24, 2.45) is 5.92 Å². The van der Waals surface area contributed by atoms with Crippen LogP contribution in [0.2, 0.25) is 0 Å². The standard InChI is InChI=1S/C27H32/c1-18-8-13-24-23(18)14-11-21(10-9-20-5-4-6-20)26(24)25-17-22(12-7-19(25)2)27(3)15-16-27/h7,11-12,14,17,20H,1,4-6,8-10,13,15-16H2,2-3H3. The number of benzene rings is 2. The van der Waals surface area contributed by atoms with Gasteiger partial charge in [0.25, 0.3) is 0 Å². The summed E-state index contributed by atoms with van der Waals surface area (Å²) in [6.07, 6.45) is 11.9. The summed E-state index contributed by atoms with van der Waals surface area (Å²) in [5.41, 5.74) is 12.4. The Bertz CT molecular complexity index is 906. The van der Waals surface area contributed by atoms with E-state index in [9.17, 15) is 0 Å². The second-order valence-electron chi connectivity index (χ2n) is 9.66. The number of hydrogen-bond acceptors (Lipinski definition) is 0. The van der Waals surface area contributed by atoms with Gasteiger partial charge >= 0.3 is 0 Å². The average molecular weight is 357 g/mol. The van der Waals surface area contributed by atoms with Crippen LogP contribution >= 0.6 is 0 Å². The molecule has 0 unspecified atom stereocenters. The largest absolute Gasteiger partial charge is 0.0952 e. The molecule has 0 nitrogen and oxygen atoms in total. The Hall–Kier alpha value is -1.82. The van der Waals surface area contributed by atoms with Gasteiger partial charge in [-0.25, -0.2) is 0 Å². The molecule has 2 aromatic rings. The molecule has 140 valence electrons. The molecular weight excluding hydrogens is 324 g/mol. The van der Waals surface area contributed by atoms with E-state index in [4.69, 9.17) is 0 Å². The highest BCUT2D eigenvalue weighted by Gasteiger charge is 2.39. The quantitative estimate of drug-likeness (QED) is 0.523. The molecule has 2 saturated carbocycles. The average Bonchev–Trinajstić information content (AvgIpc) is 3.26. The van der Waals surface area contributed by atoms with Crippen LogP contribution in [-0.2, 0) is 18.3 Å². The predicted molar refractivity (Wildman–Crippen MR) is 116 cm³/mol. The zero-order chi connectivity index (χ0) is 18.6. The van der Waals surface area contributed by atoms with Gasteiger partial charge in [-0.2, -0.15) is 0 Å². The lowest BCUT2D eigenvalue weighted by Gasteiger charge is -2.26. The van der Waals surface area contributed by atoms with Crippen LogP contribution in [0.5, 0.6) is 0 Å². The highest BCUT2D eigenvalue weighted by molar-refractivity contribution is 5.83. The molecule has 0 aromatic heterocycles. The summed E-state index contributed by atoms with van der Waals surface area (Å²) < 4.78 is 0. The summed E-state index contributed by atoms with van der Waals surface area (Å²) in [6, 6.07) is 12.1. The minimum Gasteiger partial charge on any atom is -0.0952 e. The molecule has 0 radical (unpaired) electrons. The monoisotopic (exact) mass is 356 g/mol. The second-order valence-corrected chi connectivity index (χ2v) is 9.66. The Morgan fingerprint density at radius 1 is 1.04 bits per heavy atom. The molecule has 0 saturated heterocycles. The molecule has 27 heavy (non-hydrogen) atoms. The van der Waals surface area contributed by atoms with Crippen molar-refractivity contribution in [2.45, 2.75) is 77.0 Å². The van der Waals surface area contributed by atoms with Crippen LogP contribution in [0.1, 0.15) is 79.7 Å². The first-order valence-corrected chi connectivity index (χ1v) is 11.0. The zero-order valence-corrected chi connectivity index (χ0v) is 17.0. The number of allylic oxidation sites excluding steroid dienone is 1. The van der Waals surface area contributed by atoms with Crippen molar-refractivity contribution in [1.82, 2.24) is 0 Å². The van der Waals surface area contributed by atoms with Crippen LogP contribution in [0, 0.1) is 12.8 Å². The summed E-state index contributed by atoms with van der Waals surface area (Å²) in [5.74, 6) is 0.971. The van der Waals surface area contributed by atoms with Crippen molar-refractivity contribution in [2.75, 3.05) is 0 Å². The van der Waals surface area contributed by atoms with E-state index in [1.807, 2.05) is 0 Å². The van der Waals surface area contributed by atoms with E-state index < -0.39 is 0 Å². The maximum absolute atomic E-state index is 4.35. The van der Waals surface area contributed by atoms with Crippen molar-refractivity contribution in [3.63, 3.8) is 0 Å². The Kier molecular flexibility index (Phi) is 4.08. The fourth-order valence-corrected chi connectivity index (χ4v) is 5.13. The van der Waals surface area contributed by atoms with E-state index in [1.54, 1.807) is 22.3 Å². The van der Waals surface area contributed by atoms with Crippen molar-refractivity contribution < 1.29 is 0 Å². The van der Waals surface area contributed by atoms with Crippen LogP contribution in [0.25, 0.3) is 16.7 Å². The van der Waals surface area contributed by atoms with Gasteiger partial charge in [-0.15, -0.1) is 0 Å².